The summed E-state index contributed by atoms with van der Waals surface area (Å²) >= 11 is 12.4. The molecule has 1 atom stereocenters. The predicted octanol–water partition coefficient (Wildman–Crippen LogP) is 5.01. The fourth-order valence-electron chi connectivity index (χ4n) is 3.03. The number of nitrogens with zero attached hydrogens (tertiary/aromatic N) is 1. The Labute approximate surface area is 169 Å². The highest BCUT2D eigenvalue weighted by Crippen LogP contribution is 2.27. The van der Waals surface area contributed by atoms with Crippen LogP contribution >= 0.6 is 23.2 Å². The van der Waals surface area contributed by atoms with Gasteiger partial charge in [0.15, 0.2) is 0 Å². The van der Waals surface area contributed by atoms with Crippen molar-refractivity contribution >= 4 is 41.3 Å². The zero-order chi connectivity index (χ0) is 19.2. The predicted molar refractivity (Wildman–Crippen MR) is 109 cm³/mol. The Balaban J connectivity index is 1.64. The Bertz CT molecular complexity index is 800. The van der Waals surface area contributed by atoms with Crippen LogP contribution in [0, 0.1) is 0 Å². The van der Waals surface area contributed by atoms with E-state index in [1.54, 1.807) is 0 Å². The minimum absolute atomic E-state index is 0.0383. The minimum Gasteiger partial charge on any atom is -0.481 e. The lowest BCUT2D eigenvalue weighted by Gasteiger charge is -2.32. The van der Waals surface area contributed by atoms with Crippen LogP contribution in [0.1, 0.15) is 29.2 Å². The average Bonchev–Trinajstić information content (AvgIpc) is 2.67. The number of rotatable bonds is 6. The van der Waals surface area contributed by atoms with Gasteiger partial charge >= 0.3 is 5.97 Å². The van der Waals surface area contributed by atoms with E-state index in [4.69, 9.17) is 33.0 Å². The summed E-state index contributed by atoms with van der Waals surface area (Å²) in [5.41, 5.74) is 2.92. The van der Waals surface area contributed by atoms with E-state index in [1.807, 2.05) is 54.6 Å². The molecule has 4 nitrogen and oxygen atoms in total. The van der Waals surface area contributed by atoms with Gasteiger partial charge in [-0.05, 0) is 23.3 Å². The van der Waals surface area contributed by atoms with Crippen molar-refractivity contribution in [2.75, 3.05) is 26.2 Å². The summed E-state index contributed by atoms with van der Waals surface area (Å²) in [5.74, 6) is -0.771. The van der Waals surface area contributed by atoms with Crippen LogP contribution in [-0.2, 0) is 9.53 Å². The molecule has 0 aromatic heterocycles. The third-order valence-electron chi connectivity index (χ3n) is 4.54. The van der Waals surface area contributed by atoms with E-state index in [1.165, 1.54) is 0 Å². The van der Waals surface area contributed by atoms with Gasteiger partial charge in [-0.2, -0.15) is 0 Å². The van der Waals surface area contributed by atoms with Crippen LogP contribution in [0.5, 0.6) is 0 Å². The van der Waals surface area contributed by atoms with Gasteiger partial charge in [0.1, 0.15) is 0 Å². The smallest absolute Gasteiger partial charge is 0.304 e. The molecule has 3 rings (SSSR count). The van der Waals surface area contributed by atoms with E-state index in [0.29, 0.717) is 29.7 Å². The Morgan fingerprint density at radius 1 is 1.15 bits per heavy atom. The van der Waals surface area contributed by atoms with Crippen LogP contribution in [0.2, 0.25) is 10.0 Å². The number of hydrogen-bond acceptors (Lipinski definition) is 3. The topological polar surface area (TPSA) is 49.8 Å². The Hall–Kier alpha value is -1.85. The minimum atomic E-state index is -0.771. The lowest BCUT2D eigenvalue weighted by molar-refractivity contribution is -0.137. The van der Waals surface area contributed by atoms with Crippen molar-refractivity contribution in [3.8, 4) is 0 Å². The number of aliphatic carboxylic acids is 1. The first kappa shape index (κ1) is 19.9. The maximum Gasteiger partial charge on any atom is 0.304 e. The van der Waals surface area contributed by atoms with Crippen LogP contribution in [-0.4, -0.2) is 42.2 Å². The summed E-state index contributed by atoms with van der Waals surface area (Å²) in [6.45, 7) is 2.63. The van der Waals surface area contributed by atoms with Crippen LogP contribution in [0.15, 0.2) is 42.5 Å². The average molecular weight is 406 g/mol. The second-order valence-electron chi connectivity index (χ2n) is 6.44. The fourth-order valence-corrected chi connectivity index (χ4v) is 3.56. The van der Waals surface area contributed by atoms with E-state index in [9.17, 15) is 4.79 Å². The summed E-state index contributed by atoms with van der Waals surface area (Å²) in [7, 11) is 0. The molecule has 1 aliphatic heterocycles. The molecule has 1 unspecified atom stereocenters. The summed E-state index contributed by atoms with van der Waals surface area (Å²) in [6, 6.07) is 13.6. The first-order valence-corrected chi connectivity index (χ1v) is 9.56. The highest BCUT2D eigenvalue weighted by atomic mass is 35.5. The van der Waals surface area contributed by atoms with E-state index in [2.05, 4.69) is 4.90 Å². The van der Waals surface area contributed by atoms with Gasteiger partial charge < -0.3 is 9.84 Å². The van der Waals surface area contributed by atoms with E-state index in [-0.39, 0.29) is 12.5 Å². The molecule has 0 aliphatic carbocycles. The first-order valence-electron chi connectivity index (χ1n) is 8.81. The third kappa shape index (κ3) is 5.56. The molecule has 6 heteroatoms. The first-order chi connectivity index (χ1) is 13.0. The van der Waals surface area contributed by atoms with Gasteiger partial charge in [0.2, 0.25) is 0 Å². The van der Waals surface area contributed by atoms with Crippen molar-refractivity contribution in [2.45, 2.75) is 12.5 Å². The molecule has 27 heavy (non-hydrogen) atoms. The number of ether oxygens (including phenoxy) is 1. The Kier molecular flexibility index (Phi) is 6.91. The van der Waals surface area contributed by atoms with E-state index in [0.717, 1.165) is 23.2 Å². The highest BCUT2D eigenvalue weighted by molar-refractivity contribution is 6.37. The molecule has 1 aliphatic rings. The number of hydrogen-bond donors (Lipinski definition) is 1. The number of carboxylic acids is 1. The Morgan fingerprint density at radius 2 is 1.85 bits per heavy atom. The van der Waals surface area contributed by atoms with Crippen LogP contribution < -0.4 is 0 Å². The molecule has 1 heterocycles. The van der Waals surface area contributed by atoms with Crippen LogP contribution in [0.3, 0.4) is 0 Å². The molecule has 2 aromatic carbocycles. The molecule has 1 fully saturated rings. The fraction of sp³-hybridized carbons (Fsp3) is 0.286. The monoisotopic (exact) mass is 405 g/mol. The maximum absolute atomic E-state index is 10.8. The van der Waals surface area contributed by atoms with Gasteiger partial charge in [0.05, 0.1) is 19.1 Å². The number of carboxylic acid groups (broad SMARTS) is 1. The standard InChI is InChI=1S/C21H21Cl2NO3/c22-18-2-1-3-19(23)17(18)9-6-15-4-7-16(8-5-15)20-14-24(12-13-27-20)11-10-21(25)26/h1-9,20H,10-14H2,(H,25,26)/b9-6+. The summed E-state index contributed by atoms with van der Waals surface area (Å²) in [5, 5.41) is 10.1. The zero-order valence-corrected chi connectivity index (χ0v) is 16.3. The number of morpholine rings is 1. The molecule has 1 saturated heterocycles. The summed E-state index contributed by atoms with van der Waals surface area (Å²) in [6.07, 6.45) is 3.99. The van der Waals surface area contributed by atoms with Crippen molar-refractivity contribution < 1.29 is 14.6 Å². The largest absolute Gasteiger partial charge is 0.481 e. The quantitative estimate of drug-likeness (QED) is 0.685. The second kappa shape index (κ2) is 9.38. The highest BCUT2D eigenvalue weighted by Gasteiger charge is 2.22. The van der Waals surface area contributed by atoms with Crippen molar-refractivity contribution in [3.05, 3.63) is 69.2 Å². The van der Waals surface area contributed by atoms with E-state index < -0.39 is 5.97 Å². The molecular weight excluding hydrogens is 385 g/mol. The van der Waals surface area contributed by atoms with Gasteiger partial charge in [0.25, 0.3) is 0 Å². The molecule has 0 spiro atoms. The zero-order valence-electron chi connectivity index (χ0n) is 14.8. The van der Waals surface area contributed by atoms with Crippen LogP contribution in [0.4, 0.5) is 0 Å². The van der Waals surface area contributed by atoms with Gasteiger partial charge in [-0.25, -0.2) is 0 Å². The van der Waals surface area contributed by atoms with Crippen LogP contribution in [0.25, 0.3) is 12.2 Å². The second-order valence-corrected chi connectivity index (χ2v) is 7.25. The number of benzene rings is 2. The number of halogens is 2. The normalized spacial score (nSPS) is 18.1. The molecule has 0 bridgehead atoms. The maximum atomic E-state index is 10.8. The SMILES string of the molecule is O=C(O)CCN1CCOC(c2ccc(/C=C/c3c(Cl)cccc3Cl)cc2)C1. The molecule has 142 valence electrons. The lowest BCUT2D eigenvalue weighted by atomic mass is 10.0. The van der Waals surface area contributed by atoms with Crippen molar-refractivity contribution in [3.63, 3.8) is 0 Å². The lowest BCUT2D eigenvalue weighted by Crippen LogP contribution is -2.39. The molecular formula is C21H21Cl2NO3. The molecule has 0 radical (unpaired) electrons. The van der Waals surface area contributed by atoms with Gasteiger partial charge in [0, 0.05) is 35.2 Å². The summed E-state index contributed by atoms with van der Waals surface area (Å²) in [4.78, 5) is 12.9. The molecule has 0 amide bonds. The summed E-state index contributed by atoms with van der Waals surface area (Å²) < 4.78 is 5.86. The molecule has 0 saturated carbocycles. The number of carbonyl (C=O) groups is 1. The van der Waals surface area contributed by atoms with Gasteiger partial charge in [-0.3, -0.25) is 9.69 Å². The van der Waals surface area contributed by atoms with Gasteiger partial charge in [-0.1, -0.05) is 65.7 Å². The van der Waals surface area contributed by atoms with E-state index >= 15 is 0 Å². The van der Waals surface area contributed by atoms with Crippen molar-refractivity contribution in [1.29, 1.82) is 0 Å². The molecule has 2 aromatic rings. The van der Waals surface area contributed by atoms with Gasteiger partial charge in [-0.15, -0.1) is 0 Å². The van der Waals surface area contributed by atoms with Crippen molar-refractivity contribution in [1.82, 2.24) is 4.90 Å². The third-order valence-corrected chi connectivity index (χ3v) is 5.20. The Morgan fingerprint density at radius 3 is 2.52 bits per heavy atom. The van der Waals surface area contributed by atoms with Crippen molar-refractivity contribution in [2.24, 2.45) is 0 Å². The molecule has 1 N–H and O–H groups in total.